The lowest BCUT2D eigenvalue weighted by Gasteiger charge is -2.29. The Balaban J connectivity index is 0.00000180. The Bertz CT molecular complexity index is 510. The fourth-order valence-corrected chi connectivity index (χ4v) is 2.48. The molecule has 1 saturated carbocycles. The number of methoxy groups -OCH3 is 1. The molecule has 0 bridgehead atoms. The molecule has 1 aromatic rings. The summed E-state index contributed by atoms with van der Waals surface area (Å²) in [6, 6.07) is 3.70. The van der Waals surface area contributed by atoms with Gasteiger partial charge in [-0.2, -0.15) is 0 Å². The molecule has 0 radical (unpaired) electrons. The van der Waals surface area contributed by atoms with Gasteiger partial charge in [-0.15, -0.1) is 12.4 Å². The van der Waals surface area contributed by atoms with E-state index in [1.807, 2.05) is 13.0 Å². The van der Waals surface area contributed by atoms with Crippen LogP contribution in [0.4, 0.5) is 0 Å². The van der Waals surface area contributed by atoms with E-state index < -0.39 is 0 Å². The maximum atomic E-state index is 11.6. The predicted octanol–water partition coefficient (Wildman–Crippen LogP) is 2.75. The van der Waals surface area contributed by atoms with E-state index >= 15 is 0 Å². The Hall–Kier alpha value is -1.55. The van der Waals surface area contributed by atoms with Crippen molar-refractivity contribution in [3.8, 4) is 0 Å². The average molecular weight is 283 g/mol. The molecule has 104 valence electrons. The third-order valence-electron chi connectivity index (χ3n) is 3.72. The molecule has 1 aliphatic carbocycles. The van der Waals surface area contributed by atoms with E-state index in [0.717, 1.165) is 24.0 Å². The van der Waals surface area contributed by atoms with Gasteiger partial charge in [0.2, 0.25) is 0 Å². The van der Waals surface area contributed by atoms with E-state index in [2.05, 4.69) is 0 Å². The maximum absolute atomic E-state index is 11.6. The Morgan fingerprint density at radius 2 is 2.05 bits per heavy atom. The number of hydrogen-bond donors (Lipinski definition) is 2. The highest BCUT2D eigenvalue weighted by atomic mass is 35.5. The average Bonchev–Trinajstić information content (AvgIpc) is 2.25. The molecule has 0 amide bonds. The fourth-order valence-electron chi connectivity index (χ4n) is 2.48. The Kier molecular flexibility index (Phi) is 4.95. The van der Waals surface area contributed by atoms with E-state index in [4.69, 9.17) is 15.9 Å². The lowest BCUT2D eigenvalue weighted by molar-refractivity contribution is 0.0600. The van der Waals surface area contributed by atoms with Crippen LogP contribution in [0.25, 0.3) is 0 Å². The standard InChI is InChI=1S/C14H18N2O2.ClH/c1-8-10(14(17)18-2)6-7-11(9-4-3-5-9)12(8)13(15)16;/h6-7,9H,3-5H2,1-2H3,(H3,15,16);1H. The topological polar surface area (TPSA) is 76.2 Å². The Morgan fingerprint density at radius 1 is 1.42 bits per heavy atom. The maximum Gasteiger partial charge on any atom is 0.338 e. The van der Waals surface area contributed by atoms with Gasteiger partial charge in [-0.05, 0) is 42.9 Å². The van der Waals surface area contributed by atoms with Gasteiger partial charge in [-0.25, -0.2) is 4.79 Å². The second-order valence-electron chi connectivity index (χ2n) is 4.74. The molecule has 1 fully saturated rings. The van der Waals surface area contributed by atoms with Crippen LogP contribution in [0.2, 0.25) is 0 Å². The number of benzene rings is 1. The van der Waals surface area contributed by atoms with Crippen molar-refractivity contribution in [2.24, 2.45) is 5.73 Å². The molecule has 2 rings (SSSR count). The van der Waals surface area contributed by atoms with Gasteiger partial charge in [-0.1, -0.05) is 12.5 Å². The normalized spacial score (nSPS) is 14.2. The van der Waals surface area contributed by atoms with Crippen molar-refractivity contribution in [1.82, 2.24) is 0 Å². The summed E-state index contributed by atoms with van der Waals surface area (Å²) in [6.45, 7) is 1.82. The number of nitrogens with two attached hydrogens (primary N) is 1. The minimum absolute atomic E-state index is 0. The van der Waals surface area contributed by atoms with Gasteiger partial charge in [-0.3, -0.25) is 5.41 Å². The second-order valence-corrected chi connectivity index (χ2v) is 4.74. The van der Waals surface area contributed by atoms with E-state index in [9.17, 15) is 4.79 Å². The summed E-state index contributed by atoms with van der Waals surface area (Å²) in [5.74, 6) is 0.129. The third kappa shape index (κ3) is 2.73. The summed E-state index contributed by atoms with van der Waals surface area (Å²) in [5.41, 5.74) is 8.72. The van der Waals surface area contributed by atoms with Crippen molar-refractivity contribution in [2.45, 2.75) is 32.1 Å². The molecule has 0 aromatic heterocycles. The number of nitrogens with one attached hydrogen (secondary N) is 1. The van der Waals surface area contributed by atoms with Crippen molar-refractivity contribution in [1.29, 1.82) is 5.41 Å². The number of halogens is 1. The number of nitrogen functional groups attached to an aromatic ring is 1. The fraction of sp³-hybridized carbons (Fsp3) is 0.429. The zero-order valence-corrected chi connectivity index (χ0v) is 12.0. The van der Waals surface area contributed by atoms with Gasteiger partial charge in [0.1, 0.15) is 5.84 Å². The highest BCUT2D eigenvalue weighted by Crippen LogP contribution is 2.39. The molecule has 0 heterocycles. The number of carbonyl (C=O) groups is 1. The number of ether oxygens (including phenoxy) is 1. The highest BCUT2D eigenvalue weighted by molar-refractivity contribution is 6.02. The quantitative estimate of drug-likeness (QED) is 0.508. The van der Waals surface area contributed by atoms with Gasteiger partial charge in [0.05, 0.1) is 12.7 Å². The number of rotatable bonds is 3. The van der Waals surface area contributed by atoms with Crippen LogP contribution < -0.4 is 5.73 Å². The molecule has 0 saturated heterocycles. The van der Waals surface area contributed by atoms with Gasteiger partial charge in [0.15, 0.2) is 0 Å². The van der Waals surface area contributed by atoms with Gasteiger partial charge < -0.3 is 10.5 Å². The minimum Gasteiger partial charge on any atom is -0.465 e. The highest BCUT2D eigenvalue weighted by Gasteiger charge is 2.26. The summed E-state index contributed by atoms with van der Waals surface area (Å²) in [4.78, 5) is 11.6. The molecular weight excluding hydrogens is 264 g/mol. The smallest absolute Gasteiger partial charge is 0.338 e. The first kappa shape index (κ1) is 15.5. The van der Waals surface area contributed by atoms with Crippen LogP contribution in [0.5, 0.6) is 0 Å². The molecule has 5 heteroatoms. The summed E-state index contributed by atoms with van der Waals surface area (Å²) < 4.78 is 4.74. The lowest BCUT2D eigenvalue weighted by atomic mass is 9.76. The molecule has 1 aromatic carbocycles. The molecule has 3 N–H and O–H groups in total. The molecule has 1 aliphatic rings. The van der Waals surface area contributed by atoms with Crippen LogP contribution in [0.1, 0.15) is 52.2 Å². The largest absolute Gasteiger partial charge is 0.465 e. The zero-order chi connectivity index (χ0) is 13.3. The van der Waals surface area contributed by atoms with Crippen molar-refractivity contribution >= 4 is 24.2 Å². The van der Waals surface area contributed by atoms with Crippen molar-refractivity contribution in [3.63, 3.8) is 0 Å². The van der Waals surface area contributed by atoms with E-state index in [-0.39, 0.29) is 24.2 Å². The third-order valence-corrected chi connectivity index (χ3v) is 3.72. The predicted molar refractivity (Wildman–Crippen MR) is 77.4 cm³/mol. The number of esters is 1. The molecule has 0 spiro atoms. The first-order valence-electron chi connectivity index (χ1n) is 6.12. The molecule has 0 aliphatic heterocycles. The summed E-state index contributed by atoms with van der Waals surface area (Å²) in [7, 11) is 1.36. The van der Waals surface area contributed by atoms with Crippen LogP contribution in [0.3, 0.4) is 0 Å². The molecule has 0 atom stereocenters. The molecular formula is C14H19ClN2O2. The first-order valence-corrected chi connectivity index (χ1v) is 6.12. The van der Waals surface area contributed by atoms with Crippen LogP contribution in [-0.2, 0) is 4.74 Å². The minimum atomic E-state index is -0.379. The Morgan fingerprint density at radius 3 is 2.47 bits per heavy atom. The summed E-state index contributed by atoms with van der Waals surface area (Å²) >= 11 is 0. The number of hydrogen-bond acceptors (Lipinski definition) is 3. The molecule has 19 heavy (non-hydrogen) atoms. The van der Waals surface area contributed by atoms with Crippen molar-refractivity contribution in [2.75, 3.05) is 7.11 Å². The number of amidine groups is 1. The van der Waals surface area contributed by atoms with E-state index in [1.165, 1.54) is 13.5 Å². The lowest BCUT2D eigenvalue weighted by Crippen LogP contribution is -2.22. The van der Waals surface area contributed by atoms with E-state index in [0.29, 0.717) is 17.0 Å². The van der Waals surface area contributed by atoms with E-state index in [1.54, 1.807) is 6.07 Å². The number of carbonyl (C=O) groups excluding carboxylic acids is 1. The van der Waals surface area contributed by atoms with Gasteiger partial charge >= 0.3 is 5.97 Å². The SMILES string of the molecule is COC(=O)c1ccc(C2CCC2)c(C(=N)N)c1C.Cl. The van der Waals surface area contributed by atoms with Gasteiger partial charge in [0, 0.05) is 5.56 Å². The monoisotopic (exact) mass is 282 g/mol. The second kappa shape index (κ2) is 6.06. The zero-order valence-electron chi connectivity index (χ0n) is 11.2. The van der Waals surface area contributed by atoms with Crippen LogP contribution >= 0.6 is 12.4 Å². The summed E-state index contributed by atoms with van der Waals surface area (Å²) in [5, 5.41) is 7.73. The van der Waals surface area contributed by atoms with Gasteiger partial charge in [0.25, 0.3) is 0 Å². The van der Waals surface area contributed by atoms with Crippen molar-refractivity contribution < 1.29 is 9.53 Å². The molecule has 4 nitrogen and oxygen atoms in total. The molecule has 0 unspecified atom stereocenters. The van der Waals surface area contributed by atoms with Crippen LogP contribution in [0.15, 0.2) is 12.1 Å². The van der Waals surface area contributed by atoms with Crippen LogP contribution in [-0.4, -0.2) is 18.9 Å². The Labute approximate surface area is 119 Å². The summed E-state index contributed by atoms with van der Waals surface area (Å²) in [6.07, 6.45) is 3.49. The van der Waals surface area contributed by atoms with Crippen LogP contribution in [0, 0.1) is 12.3 Å². The first-order chi connectivity index (χ1) is 8.56. The van der Waals surface area contributed by atoms with Crippen molar-refractivity contribution in [3.05, 3.63) is 34.4 Å².